The minimum absolute atomic E-state index is 0.168. The lowest BCUT2D eigenvalue weighted by atomic mass is 9.99. The van der Waals surface area contributed by atoms with Gasteiger partial charge in [-0.25, -0.2) is 14.4 Å². The zero-order chi connectivity index (χ0) is 21.6. The summed E-state index contributed by atoms with van der Waals surface area (Å²) >= 11 is 5.93. The zero-order valence-electron chi connectivity index (χ0n) is 17.4. The number of nitrogens with zero attached hydrogens (tertiary/aromatic N) is 2. The Bertz CT molecular complexity index is 1160. The number of aromatic nitrogens is 2. The molecule has 0 saturated carbocycles. The molecule has 0 atom stereocenters. The molecule has 31 heavy (non-hydrogen) atoms. The fourth-order valence-electron chi connectivity index (χ4n) is 3.47. The van der Waals surface area contributed by atoms with Gasteiger partial charge in [0, 0.05) is 16.0 Å². The predicted molar refractivity (Wildman–Crippen MR) is 124 cm³/mol. The summed E-state index contributed by atoms with van der Waals surface area (Å²) in [7, 11) is 0. The van der Waals surface area contributed by atoms with Gasteiger partial charge in [0.1, 0.15) is 5.82 Å². The van der Waals surface area contributed by atoms with Crippen LogP contribution in [0.5, 0.6) is 5.75 Å². The molecule has 0 fully saturated rings. The summed E-state index contributed by atoms with van der Waals surface area (Å²) in [5, 5.41) is 2.15. The van der Waals surface area contributed by atoms with Gasteiger partial charge < -0.3 is 4.74 Å². The number of unbranched alkanes of at least 4 members (excludes halogenated alkanes) is 1. The SMILES string of the molecule is CCCCOc1cnc(-c2ccc3c(F)c(CCc4ccc(Cl)cc4)ccc3c2)nc1. The second-order valence-electron chi connectivity index (χ2n) is 7.55. The molecule has 0 amide bonds. The van der Waals surface area contributed by atoms with Crippen LogP contribution in [0.2, 0.25) is 5.02 Å². The maximum absolute atomic E-state index is 15.1. The molecule has 0 N–H and O–H groups in total. The quantitative estimate of drug-likeness (QED) is 0.278. The average Bonchev–Trinajstić information content (AvgIpc) is 2.80. The van der Waals surface area contributed by atoms with Gasteiger partial charge in [0.2, 0.25) is 0 Å². The Morgan fingerprint density at radius 2 is 1.71 bits per heavy atom. The number of fused-ring (bicyclic) bond motifs is 1. The van der Waals surface area contributed by atoms with Crippen molar-refractivity contribution in [2.24, 2.45) is 0 Å². The summed E-state index contributed by atoms with van der Waals surface area (Å²) in [6.45, 7) is 2.78. The largest absolute Gasteiger partial charge is 0.490 e. The summed E-state index contributed by atoms with van der Waals surface area (Å²) in [6, 6.07) is 17.1. The Morgan fingerprint density at radius 3 is 2.45 bits per heavy atom. The van der Waals surface area contributed by atoms with Crippen molar-refractivity contribution >= 4 is 22.4 Å². The first-order chi connectivity index (χ1) is 15.1. The average molecular weight is 435 g/mol. The number of aryl methyl sites for hydroxylation is 2. The van der Waals surface area contributed by atoms with Crippen LogP contribution >= 0.6 is 11.6 Å². The number of hydrogen-bond acceptors (Lipinski definition) is 3. The van der Waals surface area contributed by atoms with Gasteiger partial charge >= 0.3 is 0 Å². The molecule has 4 rings (SSSR count). The minimum atomic E-state index is -0.168. The van der Waals surface area contributed by atoms with E-state index in [1.165, 1.54) is 0 Å². The van der Waals surface area contributed by atoms with Gasteiger partial charge in [-0.05, 0) is 54.0 Å². The standard InChI is InChI=1S/C26H24ClFN2O/c1-2-3-14-31-23-16-29-26(30-17-23)21-10-13-24-20(15-21)9-8-19(25(24)28)7-4-18-5-11-22(27)12-6-18/h5-6,8-13,15-17H,2-4,7,14H2,1H3. The highest BCUT2D eigenvalue weighted by molar-refractivity contribution is 6.30. The Hall–Kier alpha value is -2.98. The van der Waals surface area contributed by atoms with E-state index < -0.39 is 0 Å². The maximum atomic E-state index is 15.1. The van der Waals surface area contributed by atoms with E-state index in [1.54, 1.807) is 18.5 Å². The van der Waals surface area contributed by atoms with Gasteiger partial charge in [0.15, 0.2) is 11.6 Å². The third-order valence-corrected chi connectivity index (χ3v) is 5.54. The third kappa shape index (κ3) is 5.20. The molecule has 0 spiro atoms. The highest BCUT2D eigenvalue weighted by Gasteiger charge is 2.10. The van der Waals surface area contributed by atoms with Crippen molar-refractivity contribution < 1.29 is 9.13 Å². The molecule has 1 heterocycles. The van der Waals surface area contributed by atoms with Crippen molar-refractivity contribution in [3.63, 3.8) is 0 Å². The molecule has 4 aromatic rings. The lowest BCUT2D eigenvalue weighted by Crippen LogP contribution is -1.98. The highest BCUT2D eigenvalue weighted by Crippen LogP contribution is 2.27. The number of halogens is 2. The second-order valence-corrected chi connectivity index (χ2v) is 7.98. The fraction of sp³-hybridized carbons (Fsp3) is 0.231. The molecule has 0 bridgehead atoms. The number of benzene rings is 3. The predicted octanol–water partition coefficient (Wildman–Crippen LogP) is 7.05. The normalized spacial score (nSPS) is 11.1. The molecule has 0 saturated heterocycles. The Labute approximate surface area is 186 Å². The molecule has 0 unspecified atom stereocenters. The molecular formula is C26H24ClFN2O. The molecule has 0 aliphatic heterocycles. The summed E-state index contributed by atoms with van der Waals surface area (Å²) in [6.07, 6.45) is 6.84. The van der Waals surface area contributed by atoms with Crippen LogP contribution in [0.1, 0.15) is 30.9 Å². The summed E-state index contributed by atoms with van der Waals surface area (Å²) in [4.78, 5) is 8.81. The van der Waals surface area contributed by atoms with Crippen LogP contribution in [0.4, 0.5) is 4.39 Å². The van der Waals surface area contributed by atoms with Crippen LogP contribution in [0.3, 0.4) is 0 Å². The fourth-order valence-corrected chi connectivity index (χ4v) is 3.60. The smallest absolute Gasteiger partial charge is 0.159 e. The van der Waals surface area contributed by atoms with Crippen LogP contribution in [0.25, 0.3) is 22.2 Å². The van der Waals surface area contributed by atoms with E-state index in [9.17, 15) is 0 Å². The van der Waals surface area contributed by atoms with Gasteiger partial charge in [-0.2, -0.15) is 0 Å². The molecule has 0 aliphatic carbocycles. The number of ether oxygens (including phenoxy) is 1. The van der Waals surface area contributed by atoms with Crippen LogP contribution < -0.4 is 4.74 Å². The first kappa shape index (κ1) is 21.3. The molecule has 3 aromatic carbocycles. The van der Waals surface area contributed by atoms with Gasteiger partial charge in [-0.1, -0.05) is 61.3 Å². The zero-order valence-corrected chi connectivity index (χ0v) is 18.2. The summed E-state index contributed by atoms with van der Waals surface area (Å²) in [5.74, 6) is 1.09. The van der Waals surface area contributed by atoms with E-state index in [0.29, 0.717) is 40.6 Å². The first-order valence-corrected chi connectivity index (χ1v) is 10.9. The lowest BCUT2D eigenvalue weighted by molar-refractivity contribution is 0.307. The Balaban J connectivity index is 1.50. The maximum Gasteiger partial charge on any atom is 0.159 e. The van der Waals surface area contributed by atoms with Crippen molar-refractivity contribution in [3.05, 3.63) is 89.0 Å². The minimum Gasteiger partial charge on any atom is -0.490 e. The van der Waals surface area contributed by atoms with Crippen molar-refractivity contribution in [3.8, 4) is 17.1 Å². The van der Waals surface area contributed by atoms with Crippen molar-refractivity contribution in [1.29, 1.82) is 0 Å². The lowest BCUT2D eigenvalue weighted by Gasteiger charge is -2.09. The summed E-state index contributed by atoms with van der Waals surface area (Å²) < 4.78 is 20.7. The van der Waals surface area contributed by atoms with Gasteiger partial charge in [-0.3, -0.25) is 0 Å². The van der Waals surface area contributed by atoms with E-state index >= 15 is 4.39 Å². The van der Waals surface area contributed by atoms with Gasteiger partial charge in [0.05, 0.1) is 19.0 Å². The van der Waals surface area contributed by atoms with E-state index in [0.717, 1.165) is 35.8 Å². The monoisotopic (exact) mass is 434 g/mol. The number of hydrogen-bond donors (Lipinski definition) is 0. The van der Waals surface area contributed by atoms with Crippen LogP contribution in [0, 0.1) is 5.82 Å². The first-order valence-electron chi connectivity index (χ1n) is 10.5. The molecule has 0 aliphatic rings. The van der Waals surface area contributed by atoms with E-state index in [1.807, 2.05) is 48.5 Å². The van der Waals surface area contributed by atoms with Gasteiger partial charge in [0.25, 0.3) is 0 Å². The van der Waals surface area contributed by atoms with Crippen LogP contribution in [0.15, 0.2) is 67.0 Å². The van der Waals surface area contributed by atoms with Crippen molar-refractivity contribution in [1.82, 2.24) is 9.97 Å². The van der Waals surface area contributed by atoms with Gasteiger partial charge in [-0.15, -0.1) is 0 Å². The summed E-state index contributed by atoms with van der Waals surface area (Å²) in [5.41, 5.74) is 2.69. The van der Waals surface area contributed by atoms with Crippen molar-refractivity contribution in [2.45, 2.75) is 32.6 Å². The highest BCUT2D eigenvalue weighted by atomic mass is 35.5. The molecule has 3 nitrogen and oxygen atoms in total. The van der Waals surface area contributed by atoms with E-state index in [4.69, 9.17) is 16.3 Å². The third-order valence-electron chi connectivity index (χ3n) is 5.28. The van der Waals surface area contributed by atoms with Crippen LogP contribution in [-0.2, 0) is 12.8 Å². The molecule has 5 heteroatoms. The second kappa shape index (κ2) is 9.88. The Morgan fingerprint density at radius 1 is 0.935 bits per heavy atom. The molecule has 0 radical (unpaired) electrons. The topological polar surface area (TPSA) is 35.0 Å². The molecule has 158 valence electrons. The van der Waals surface area contributed by atoms with Crippen molar-refractivity contribution in [2.75, 3.05) is 6.61 Å². The van der Waals surface area contributed by atoms with E-state index in [-0.39, 0.29) is 5.82 Å². The van der Waals surface area contributed by atoms with Crippen LogP contribution in [-0.4, -0.2) is 16.6 Å². The Kier molecular flexibility index (Phi) is 6.78. The molecule has 1 aromatic heterocycles. The van der Waals surface area contributed by atoms with E-state index in [2.05, 4.69) is 16.9 Å². The molecular weight excluding hydrogens is 411 g/mol. The number of rotatable bonds is 8.